The van der Waals surface area contributed by atoms with Gasteiger partial charge in [0.15, 0.2) is 0 Å². The Morgan fingerprint density at radius 3 is 2.65 bits per heavy atom. The van der Waals surface area contributed by atoms with Gasteiger partial charge in [0.1, 0.15) is 10.7 Å². The lowest BCUT2D eigenvalue weighted by Gasteiger charge is -2.29. The number of hydrogen-bond donors (Lipinski definition) is 1. The van der Waals surface area contributed by atoms with E-state index in [0.29, 0.717) is 25.6 Å². The molecule has 1 aromatic rings. The van der Waals surface area contributed by atoms with Crippen molar-refractivity contribution >= 4 is 15.9 Å². The Kier molecular flexibility index (Phi) is 4.77. The van der Waals surface area contributed by atoms with Gasteiger partial charge in [0.05, 0.1) is 0 Å². The topological polar surface area (TPSA) is 66.5 Å². The summed E-state index contributed by atoms with van der Waals surface area (Å²) >= 11 is 0. The molecule has 1 saturated heterocycles. The second-order valence-corrected chi connectivity index (χ2v) is 9.79. The molecular formula is C19H25FN2O3S. The first-order valence-corrected chi connectivity index (χ1v) is 11.0. The Morgan fingerprint density at radius 1 is 1.23 bits per heavy atom. The molecule has 4 rings (SSSR count). The van der Waals surface area contributed by atoms with E-state index in [1.165, 1.54) is 36.1 Å². The molecule has 142 valence electrons. The fourth-order valence-electron chi connectivity index (χ4n) is 4.71. The summed E-state index contributed by atoms with van der Waals surface area (Å²) in [6, 6.07) is 3.57. The van der Waals surface area contributed by atoms with E-state index in [-0.39, 0.29) is 11.5 Å². The third kappa shape index (κ3) is 3.27. The van der Waals surface area contributed by atoms with Gasteiger partial charge >= 0.3 is 0 Å². The molecule has 1 amide bonds. The minimum Gasteiger partial charge on any atom is -0.352 e. The van der Waals surface area contributed by atoms with Crippen molar-refractivity contribution in [2.45, 2.75) is 43.4 Å². The summed E-state index contributed by atoms with van der Waals surface area (Å²) in [6.45, 7) is 1.39. The number of rotatable bonds is 6. The number of nitrogens with one attached hydrogen (secondary N) is 1. The maximum Gasteiger partial charge on any atom is 0.251 e. The van der Waals surface area contributed by atoms with Crippen molar-refractivity contribution < 1.29 is 17.6 Å². The second kappa shape index (κ2) is 6.93. The van der Waals surface area contributed by atoms with Crippen LogP contribution in [0.15, 0.2) is 23.1 Å². The quantitative estimate of drug-likeness (QED) is 0.825. The number of halogens is 1. The number of hydrogen-bond acceptors (Lipinski definition) is 3. The summed E-state index contributed by atoms with van der Waals surface area (Å²) in [5, 5.41) is 2.87. The average molecular weight is 380 g/mol. The lowest BCUT2D eigenvalue weighted by atomic mass is 9.86. The van der Waals surface area contributed by atoms with E-state index >= 15 is 0 Å². The summed E-state index contributed by atoms with van der Waals surface area (Å²) in [7, 11) is -3.85. The molecule has 5 nitrogen and oxygen atoms in total. The Bertz CT molecular complexity index is 807. The molecule has 0 spiro atoms. The van der Waals surface area contributed by atoms with Crippen LogP contribution in [0.1, 0.15) is 48.9 Å². The molecule has 3 fully saturated rings. The van der Waals surface area contributed by atoms with Crippen molar-refractivity contribution in [3.05, 3.63) is 29.6 Å². The predicted octanol–water partition coefficient (Wildman–Crippen LogP) is 2.78. The van der Waals surface area contributed by atoms with Crippen LogP contribution in [-0.2, 0) is 10.0 Å². The molecule has 0 unspecified atom stereocenters. The summed E-state index contributed by atoms with van der Waals surface area (Å²) in [6.07, 6.45) is 7.04. The van der Waals surface area contributed by atoms with Crippen LogP contribution in [0.2, 0.25) is 0 Å². The Morgan fingerprint density at radius 2 is 2.04 bits per heavy atom. The Balaban J connectivity index is 1.39. The average Bonchev–Trinajstić information content (AvgIpc) is 3.15. The first kappa shape index (κ1) is 17.9. The normalized spacial score (nSPS) is 28.1. The summed E-state index contributed by atoms with van der Waals surface area (Å²) in [5.41, 5.74) is 0.193. The van der Waals surface area contributed by atoms with Crippen molar-refractivity contribution in [1.29, 1.82) is 0 Å². The van der Waals surface area contributed by atoms with Crippen molar-refractivity contribution in [1.82, 2.24) is 9.62 Å². The smallest absolute Gasteiger partial charge is 0.251 e. The van der Waals surface area contributed by atoms with Crippen LogP contribution in [0.4, 0.5) is 4.39 Å². The first-order valence-electron chi connectivity index (χ1n) is 9.53. The zero-order valence-corrected chi connectivity index (χ0v) is 15.6. The number of sulfonamides is 1. The van der Waals surface area contributed by atoms with Crippen molar-refractivity contribution in [2.75, 3.05) is 19.6 Å². The number of carbonyl (C=O) groups excluding carboxylic acids is 1. The molecule has 3 atom stereocenters. The number of benzene rings is 1. The number of fused-ring (bicyclic) bond motifs is 2. The molecular weight excluding hydrogens is 355 g/mol. The van der Waals surface area contributed by atoms with E-state index in [1.54, 1.807) is 0 Å². The van der Waals surface area contributed by atoms with Gasteiger partial charge in [-0.2, -0.15) is 4.31 Å². The van der Waals surface area contributed by atoms with Crippen LogP contribution in [-0.4, -0.2) is 38.3 Å². The molecule has 2 bridgehead atoms. The molecule has 1 aliphatic heterocycles. The lowest BCUT2D eigenvalue weighted by molar-refractivity contribution is 0.0949. The van der Waals surface area contributed by atoms with Gasteiger partial charge in [-0.25, -0.2) is 12.8 Å². The minimum absolute atomic E-state index is 0.193. The Hall–Kier alpha value is -1.47. The van der Waals surface area contributed by atoms with E-state index in [9.17, 15) is 17.6 Å². The summed E-state index contributed by atoms with van der Waals surface area (Å²) < 4.78 is 40.1. The number of nitrogens with zero attached hydrogens (tertiary/aromatic N) is 1. The maximum atomic E-state index is 14.1. The highest BCUT2D eigenvalue weighted by Crippen LogP contribution is 2.49. The molecule has 0 radical (unpaired) electrons. The zero-order chi connectivity index (χ0) is 18.3. The maximum absolute atomic E-state index is 14.1. The van der Waals surface area contributed by atoms with E-state index in [0.717, 1.165) is 36.8 Å². The first-order chi connectivity index (χ1) is 12.4. The highest BCUT2D eigenvalue weighted by atomic mass is 32.2. The molecule has 2 saturated carbocycles. The van der Waals surface area contributed by atoms with Gasteiger partial charge in [-0.15, -0.1) is 0 Å². The van der Waals surface area contributed by atoms with Crippen LogP contribution >= 0.6 is 0 Å². The molecule has 3 aliphatic rings. The second-order valence-electron chi connectivity index (χ2n) is 7.88. The standard InChI is InChI=1S/C19H25FN2O3S/c20-17-5-4-16(12-18(17)26(24,25)22-8-1-9-22)19(23)21-7-6-15-11-13-2-3-14(15)10-13/h4-5,12-15H,1-3,6-11H2,(H,21,23)/t13-,14-,15-/m0/s1. The highest BCUT2D eigenvalue weighted by Gasteiger charge is 2.39. The van der Waals surface area contributed by atoms with Crippen molar-refractivity contribution in [2.24, 2.45) is 17.8 Å². The van der Waals surface area contributed by atoms with Gasteiger partial charge in [0, 0.05) is 25.2 Å². The van der Waals surface area contributed by atoms with E-state index < -0.39 is 20.7 Å². The highest BCUT2D eigenvalue weighted by molar-refractivity contribution is 7.89. The molecule has 1 heterocycles. The van der Waals surface area contributed by atoms with Crippen LogP contribution in [0.5, 0.6) is 0 Å². The van der Waals surface area contributed by atoms with Gasteiger partial charge < -0.3 is 5.32 Å². The van der Waals surface area contributed by atoms with Gasteiger partial charge in [0.25, 0.3) is 5.91 Å². The van der Waals surface area contributed by atoms with Gasteiger partial charge in [-0.3, -0.25) is 4.79 Å². The van der Waals surface area contributed by atoms with E-state index in [2.05, 4.69) is 5.32 Å². The van der Waals surface area contributed by atoms with Crippen LogP contribution in [0, 0.1) is 23.6 Å². The van der Waals surface area contributed by atoms with Crippen LogP contribution < -0.4 is 5.32 Å². The number of carbonyl (C=O) groups is 1. The van der Waals surface area contributed by atoms with E-state index in [4.69, 9.17) is 0 Å². The monoisotopic (exact) mass is 380 g/mol. The SMILES string of the molecule is O=C(NCC[C@H]1C[C@H]2CC[C@H]1C2)c1ccc(F)c(S(=O)(=O)N2CCC2)c1. The van der Waals surface area contributed by atoms with Crippen molar-refractivity contribution in [3.8, 4) is 0 Å². The third-order valence-electron chi connectivity index (χ3n) is 6.31. The molecule has 1 N–H and O–H groups in total. The molecule has 26 heavy (non-hydrogen) atoms. The summed E-state index contributed by atoms with van der Waals surface area (Å²) in [5.74, 6) is 1.25. The fraction of sp³-hybridized carbons (Fsp3) is 0.632. The summed E-state index contributed by atoms with van der Waals surface area (Å²) in [4.78, 5) is 12.0. The largest absolute Gasteiger partial charge is 0.352 e. The van der Waals surface area contributed by atoms with Crippen LogP contribution in [0.3, 0.4) is 0 Å². The third-order valence-corrected chi connectivity index (χ3v) is 8.23. The molecule has 2 aliphatic carbocycles. The predicted molar refractivity (Wildman–Crippen MR) is 95.7 cm³/mol. The van der Waals surface area contributed by atoms with Gasteiger partial charge in [-0.1, -0.05) is 6.42 Å². The van der Waals surface area contributed by atoms with Gasteiger partial charge in [-0.05, 0) is 68.1 Å². The zero-order valence-electron chi connectivity index (χ0n) is 14.8. The number of amides is 1. The molecule has 1 aromatic carbocycles. The minimum atomic E-state index is -3.85. The van der Waals surface area contributed by atoms with E-state index in [1.807, 2.05) is 0 Å². The fourth-order valence-corrected chi connectivity index (χ4v) is 6.32. The van der Waals surface area contributed by atoms with Crippen molar-refractivity contribution in [3.63, 3.8) is 0 Å². The Labute approximate surface area is 154 Å². The molecule has 7 heteroatoms. The lowest BCUT2D eigenvalue weighted by Crippen LogP contribution is -2.42. The molecule has 0 aromatic heterocycles. The van der Waals surface area contributed by atoms with Crippen LogP contribution in [0.25, 0.3) is 0 Å². The van der Waals surface area contributed by atoms with Gasteiger partial charge in [0.2, 0.25) is 10.0 Å².